The van der Waals surface area contributed by atoms with E-state index in [-0.39, 0.29) is 0 Å². The van der Waals surface area contributed by atoms with Crippen molar-refractivity contribution in [1.82, 2.24) is 5.32 Å². The third-order valence-electron chi connectivity index (χ3n) is 2.97. The van der Waals surface area contributed by atoms with Crippen LogP contribution in [-0.2, 0) is 4.74 Å². The van der Waals surface area contributed by atoms with Crippen molar-refractivity contribution in [2.75, 3.05) is 13.6 Å². The number of rotatable bonds is 11. The van der Waals surface area contributed by atoms with Gasteiger partial charge < -0.3 is 10.1 Å². The van der Waals surface area contributed by atoms with Crippen LogP contribution in [0.4, 0.5) is 0 Å². The van der Waals surface area contributed by atoms with Gasteiger partial charge in [-0.1, -0.05) is 32.6 Å². The molecule has 0 aliphatic rings. The summed E-state index contributed by atoms with van der Waals surface area (Å²) in [4.78, 5) is 0. The van der Waals surface area contributed by atoms with Crippen LogP contribution in [0.5, 0.6) is 0 Å². The van der Waals surface area contributed by atoms with Crippen LogP contribution in [0.25, 0.3) is 0 Å². The maximum Gasteiger partial charge on any atom is 0.0551 e. The van der Waals surface area contributed by atoms with E-state index in [0.717, 1.165) is 6.54 Å². The highest BCUT2D eigenvalue weighted by Gasteiger charge is 2.07. The molecular weight excluding hydrogens is 198 g/mol. The van der Waals surface area contributed by atoms with Crippen LogP contribution in [0.15, 0.2) is 0 Å². The average molecular weight is 229 g/mol. The van der Waals surface area contributed by atoms with Crippen molar-refractivity contribution in [3.05, 3.63) is 0 Å². The normalized spacial score (nSPS) is 15.0. The largest absolute Gasteiger partial charge is 0.376 e. The van der Waals surface area contributed by atoms with Crippen LogP contribution < -0.4 is 5.32 Å². The van der Waals surface area contributed by atoms with Gasteiger partial charge in [-0.05, 0) is 46.7 Å². The Morgan fingerprint density at radius 2 is 1.56 bits per heavy atom. The minimum Gasteiger partial charge on any atom is -0.376 e. The quantitative estimate of drug-likeness (QED) is 0.545. The van der Waals surface area contributed by atoms with Gasteiger partial charge >= 0.3 is 0 Å². The zero-order chi connectivity index (χ0) is 12.2. The molecule has 0 aromatic heterocycles. The van der Waals surface area contributed by atoms with Crippen molar-refractivity contribution in [3.8, 4) is 0 Å². The maximum atomic E-state index is 5.95. The third kappa shape index (κ3) is 10.4. The first-order chi connectivity index (χ1) is 7.70. The first-order valence-corrected chi connectivity index (χ1v) is 7.00. The molecule has 0 fully saturated rings. The molecule has 0 radical (unpaired) electrons. The summed E-state index contributed by atoms with van der Waals surface area (Å²) in [6.45, 7) is 7.75. The van der Waals surface area contributed by atoms with Gasteiger partial charge in [0.1, 0.15) is 0 Å². The standard InChI is InChI=1S/C14H31NO/c1-5-6-7-8-10-13(2)16-14(3)11-9-12-15-4/h13-15H,5-12H2,1-4H3. The molecule has 2 nitrogen and oxygen atoms in total. The number of nitrogens with one attached hydrogen (secondary N) is 1. The third-order valence-corrected chi connectivity index (χ3v) is 2.97. The molecule has 0 amide bonds. The van der Waals surface area contributed by atoms with Crippen molar-refractivity contribution < 1.29 is 4.74 Å². The Morgan fingerprint density at radius 3 is 2.12 bits per heavy atom. The number of hydrogen-bond acceptors (Lipinski definition) is 2. The predicted molar refractivity (Wildman–Crippen MR) is 71.9 cm³/mol. The van der Waals surface area contributed by atoms with Gasteiger partial charge in [-0.15, -0.1) is 0 Å². The summed E-state index contributed by atoms with van der Waals surface area (Å²) < 4.78 is 5.95. The summed E-state index contributed by atoms with van der Waals surface area (Å²) in [5.74, 6) is 0. The Morgan fingerprint density at radius 1 is 0.938 bits per heavy atom. The molecule has 2 unspecified atom stereocenters. The SMILES string of the molecule is CCCCCCC(C)OC(C)CCCNC. The molecule has 0 saturated carbocycles. The minimum atomic E-state index is 0.412. The van der Waals surface area contributed by atoms with Gasteiger partial charge in [0.05, 0.1) is 12.2 Å². The zero-order valence-corrected chi connectivity index (χ0v) is 11.7. The highest BCUT2D eigenvalue weighted by molar-refractivity contribution is 4.57. The van der Waals surface area contributed by atoms with E-state index < -0.39 is 0 Å². The summed E-state index contributed by atoms with van der Waals surface area (Å²) in [5.41, 5.74) is 0. The molecule has 0 aliphatic carbocycles. The van der Waals surface area contributed by atoms with E-state index in [2.05, 4.69) is 26.1 Å². The second-order valence-electron chi connectivity index (χ2n) is 4.85. The average Bonchev–Trinajstić information content (AvgIpc) is 2.25. The topological polar surface area (TPSA) is 21.3 Å². The molecule has 0 spiro atoms. The number of ether oxygens (including phenoxy) is 1. The molecule has 0 heterocycles. The fraction of sp³-hybridized carbons (Fsp3) is 1.00. The smallest absolute Gasteiger partial charge is 0.0551 e. The Hall–Kier alpha value is -0.0800. The van der Waals surface area contributed by atoms with Gasteiger partial charge in [-0.2, -0.15) is 0 Å². The highest BCUT2D eigenvalue weighted by Crippen LogP contribution is 2.11. The van der Waals surface area contributed by atoms with Crippen LogP contribution in [0.1, 0.15) is 65.7 Å². The van der Waals surface area contributed by atoms with Crippen molar-refractivity contribution in [3.63, 3.8) is 0 Å². The maximum absolute atomic E-state index is 5.95. The Labute approximate surface area is 102 Å². The van der Waals surface area contributed by atoms with Gasteiger partial charge in [0.2, 0.25) is 0 Å². The van der Waals surface area contributed by atoms with E-state index in [1.165, 1.54) is 44.9 Å². The van der Waals surface area contributed by atoms with Crippen LogP contribution in [0.3, 0.4) is 0 Å². The van der Waals surface area contributed by atoms with Crippen LogP contribution >= 0.6 is 0 Å². The number of hydrogen-bond donors (Lipinski definition) is 1. The molecule has 16 heavy (non-hydrogen) atoms. The monoisotopic (exact) mass is 229 g/mol. The Balaban J connectivity index is 3.35. The molecule has 2 heteroatoms. The minimum absolute atomic E-state index is 0.412. The second-order valence-corrected chi connectivity index (χ2v) is 4.85. The second kappa shape index (κ2) is 11.4. The van der Waals surface area contributed by atoms with E-state index in [1.807, 2.05) is 7.05 Å². The lowest BCUT2D eigenvalue weighted by atomic mass is 10.1. The zero-order valence-electron chi connectivity index (χ0n) is 11.7. The van der Waals surface area contributed by atoms with Crippen molar-refractivity contribution in [1.29, 1.82) is 0 Å². The van der Waals surface area contributed by atoms with Gasteiger partial charge in [0.15, 0.2) is 0 Å². The van der Waals surface area contributed by atoms with Gasteiger partial charge in [-0.3, -0.25) is 0 Å². The van der Waals surface area contributed by atoms with Crippen molar-refractivity contribution in [2.45, 2.75) is 77.9 Å². The van der Waals surface area contributed by atoms with Gasteiger partial charge in [-0.25, -0.2) is 0 Å². The molecule has 2 atom stereocenters. The fourth-order valence-corrected chi connectivity index (χ4v) is 1.96. The molecule has 0 saturated heterocycles. The van der Waals surface area contributed by atoms with E-state index in [1.54, 1.807) is 0 Å². The Bertz CT molecular complexity index is 139. The lowest BCUT2D eigenvalue weighted by Crippen LogP contribution is -2.19. The summed E-state index contributed by atoms with van der Waals surface area (Å²) in [7, 11) is 2.00. The predicted octanol–water partition coefficient (Wildman–Crippen LogP) is 3.75. The molecule has 98 valence electrons. The van der Waals surface area contributed by atoms with Gasteiger partial charge in [0, 0.05) is 0 Å². The molecular formula is C14H31NO. The van der Waals surface area contributed by atoms with E-state index in [0.29, 0.717) is 12.2 Å². The summed E-state index contributed by atoms with van der Waals surface area (Å²) in [6, 6.07) is 0. The van der Waals surface area contributed by atoms with Crippen molar-refractivity contribution >= 4 is 0 Å². The van der Waals surface area contributed by atoms with Crippen LogP contribution in [0, 0.1) is 0 Å². The summed E-state index contributed by atoms with van der Waals surface area (Å²) >= 11 is 0. The molecule has 0 rings (SSSR count). The fourth-order valence-electron chi connectivity index (χ4n) is 1.96. The van der Waals surface area contributed by atoms with Crippen molar-refractivity contribution in [2.24, 2.45) is 0 Å². The van der Waals surface area contributed by atoms with Gasteiger partial charge in [0.25, 0.3) is 0 Å². The van der Waals surface area contributed by atoms with E-state index in [9.17, 15) is 0 Å². The van der Waals surface area contributed by atoms with E-state index >= 15 is 0 Å². The molecule has 0 aromatic rings. The lowest BCUT2D eigenvalue weighted by Gasteiger charge is -2.19. The van der Waals surface area contributed by atoms with Crippen LogP contribution in [-0.4, -0.2) is 25.8 Å². The summed E-state index contributed by atoms with van der Waals surface area (Å²) in [5, 5.41) is 3.17. The lowest BCUT2D eigenvalue weighted by molar-refractivity contribution is -0.00189. The molecule has 0 bridgehead atoms. The first-order valence-electron chi connectivity index (χ1n) is 7.00. The Kier molecular flexibility index (Phi) is 11.3. The molecule has 0 aromatic carbocycles. The number of unbranched alkanes of at least 4 members (excludes halogenated alkanes) is 3. The molecule has 1 N–H and O–H groups in total. The highest BCUT2D eigenvalue weighted by atomic mass is 16.5. The van der Waals surface area contributed by atoms with E-state index in [4.69, 9.17) is 4.74 Å². The summed E-state index contributed by atoms with van der Waals surface area (Å²) in [6.07, 6.45) is 9.80. The van der Waals surface area contributed by atoms with Crippen LogP contribution in [0.2, 0.25) is 0 Å². The first kappa shape index (κ1) is 15.9. The molecule has 0 aliphatic heterocycles.